The van der Waals surface area contributed by atoms with E-state index in [1.807, 2.05) is 6.92 Å². The number of Topliss-reactive ketones (excluding diaryl/α,β-unsaturated/α-hetero) is 1. The van der Waals surface area contributed by atoms with Crippen LogP contribution in [-0.4, -0.2) is 38.1 Å². The second-order valence-electron chi connectivity index (χ2n) is 7.36. The Hall–Kier alpha value is -2.51. The van der Waals surface area contributed by atoms with Crippen molar-refractivity contribution in [2.45, 2.75) is 32.6 Å². The number of ketones is 1. The normalized spacial score (nSPS) is 21.7. The molecule has 0 radical (unpaired) electrons. The van der Waals surface area contributed by atoms with E-state index >= 15 is 0 Å². The van der Waals surface area contributed by atoms with Gasteiger partial charge < -0.3 is 20.5 Å². The van der Waals surface area contributed by atoms with Crippen molar-refractivity contribution in [2.75, 3.05) is 26.4 Å². The van der Waals surface area contributed by atoms with E-state index in [4.69, 9.17) is 15.2 Å². The summed E-state index contributed by atoms with van der Waals surface area (Å²) in [4.78, 5) is 25.9. The molecule has 1 aromatic rings. The number of dihydropyridines is 1. The smallest absolute Gasteiger partial charge is 0.336 e. The standard InChI is InChI=1S/C22H27FN2O4/c1-3-29-22(27)21-17(12-28-9-8-24)25-16-10-13(2)11-18(26)20(16)19(21)14-6-4-5-7-15(14)23/h4-7,13,19,25H,3,8-12,24H2,1-2H3. The van der Waals surface area contributed by atoms with E-state index in [-0.39, 0.29) is 36.1 Å². The van der Waals surface area contributed by atoms with E-state index in [0.717, 1.165) is 5.70 Å². The number of hydrogen-bond acceptors (Lipinski definition) is 6. The first-order valence-corrected chi connectivity index (χ1v) is 9.93. The summed E-state index contributed by atoms with van der Waals surface area (Å²) in [6, 6.07) is 6.22. The molecule has 2 atom stereocenters. The summed E-state index contributed by atoms with van der Waals surface area (Å²) in [6.45, 7) is 4.61. The minimum absolute atomic E-state index is 0.0803. The number of hydrogen-bond donors (Lipinski definition) is 2. The molecule has 29 heavy (non-hydrogen) atoms. The van der Waals surface area contributed by atoms with Crippen molar-refractivity contribution in [3.05, 3.63) is 58.2 Å². The number of benzene rings is 1. The molecule has 1 aliphatic carbocycles. The Morgan fingerprint density at radius 1 is 1.31 bits per heavy atom. The van der Waals surface area contributed by atoms with Gasteiger partial charge in [-0.1, -0.05) is 25.1 Å². The fraction of sp³-hybridized carbons (Fsp3) is 0.455. The molecule has 1 heterocycles. The molecule has 6 nitrogen and oxygen atoms in total. The third kappa shape index (κ3) is 4.41. The van der Waals surface area contributed by atoms with Crippen molar-refractivity contribution < 1.29 is 23.5 Å². The molecule has 1 aromatic carbocycles. The van der Waals surface area contributed by atoms with Crippen LogP contribution in [0.5, 0.6) is 0 Å². The summed E-state index contributed by atoms with van der Waals surface area (Å²) in [5.74, 6) is -1.81. The molecule has 0 spiro atoms. The number of carbonyl (C=O) groups excluding carboxylic acids is 2. The molecule has 0 fully saturated rings. The van der Waals surface area contributed by atoms with Gasteiger partial charge in [0.2, 0.25) is 0 Å². The second kappa shape index (κ2) is 9.33. The molecular formula is C22H27FN2O4. The maximum absolute atomic E-state index is 14.8. The van der Waals surface area contributed by atoms with Gasteiger partial charge in [0.25, 0.3) is 0 Å². The monoisotopic (exact) mass is 402 g/mol. The Bertz CT molecular complexity index is 862. The van der Waals surface area contributed by atoms with Gasteiger partial charge >= 0.3 is 5.97 Å². The highest BCUT2D eigenvalue weighted by atomic mass is 19.1. The molecule has 0 bridgehead atoms. The summed E-state index contributed by atoms with van der Waals surface area (Å²) in [7, 11) is 0. The second-order valence-corrected chi connectivity index (χ2v) is 7.36. The van der Waals surface area contributed by atoms with Crippen molar-refractivity contribution in [3.8, 4) is 0 Å². The Kier molecular flexibility index (Phi) is 6.82. The lowest BCUT2D eigenvalue weighted by atomic mass is 9.73. The number of nitrogens with two attached hydrogens (primary N) is 1. The largest absolute Gasteiger partial charge is 0.463 e. The van der Waals surface area contributed by atoms with Crippen LogP contribution in [0, 0.1) is 11.7 Å². The van der Waals surface area contributed by atoms with Crippen molar-refractivity contribution in [3.63, 3.8) is 0 Å². The van der Waals surface area contributed by atoms with Crippen LogP contribution >= 0.6 is 0 Å². The van der Waals surface area contributed by atoms with Gasteiger partial charge in [0.1, 0.15) is 5.82 Å². The van der Waals surface area contributed by atoms with Gasteiger partial charge in [0.05, 0.1) is 37.0 Å². The SMILES string of the molecule is CCOC(=O)C1=C(COCCN)NC2=C(C(=O)CC(C)C2)C1c1ccccc1F. The highest BCUT2D eigenvalue weighted by molar-refractivity contribution is 6.04. The van der Waals surface area contributed by atoms with Crippen molar-refractivity contribution >= 4 is 11.8 Å². The summed E-state index contributed by atoms with van der Waals surface area (Å²) in [5, 5.41) is 3.23. The van der Waals surface area contributed by atoms with Gasteiger partial charge in [-0.05, 0) is 25.3 Å². The summed E-state index contributed by atoms with van der Waals surface area (Å²) >= 11 is 0. The Morgan fingerprint density at radius 2 is 2.07 bits per heavy atom. The zero-order valence-electron chi connectivity index (χ0n) is 16.8. The number of esters is 1. The van der Waals surface area contributed by atoms with E-state index in [0.29, 0.717) is 37.3 Å². The predicted molar refractivity (Wildman–Crippen MR) is 106 cm³/mol. The third-order valence-corrected chi connectivity index (χ3v) is 5.14. The lowest BCUT2D eigenvalue weighted by Gasteiger charge is -2.36. The fourth-order valence-corrected chi connectivity index (χ4v) is 3.99. The van der Waals surface area contributed by atoms with E-state index in [1.165, 1.54) is 6.07 Å². The van der Waals surface area contributed by atoms with E-state index in [2.05, 4.69) is 5.32 Å². The van der Waals surface area contributed by atoms with Crippen LogP contribution in [-0.2, 0) is 19.1 Å². The van der Waals surface area contributed by atoms with Crippen LogP contribution in [0.4, 0.5) is 4.39 Å². The summed E-state index contributed by atoms with van der Waals surface area (Å²) in [5.41, 5.74) is 7.67. The van der Waals surface area contributed by atoms with Crippen LogP contribution in [0.1, 0.15) is 38.2 Å². The molecule has 0 aromatic heterocycles. The highest BCUT2D eigenvalue weighted by Crippen LogP contribution is 2.44. The topological polar surface area (TPSA) is 90.7 Å². The van der Waals surface area contributed by atoms with Gasteiger partial charge in [-0.3, -0.25) is 4.79 Å². The maximum Gasteiger partial charge on any atom is 0.336 e. The molecule has 1 aliphatic heterocycles. The van der Waals surface area contributed by atoms with E-state index in [1.54, 1.807) is 25.1 Å². The summed E-state index contributed by atoms with van der Waals surface area (Å²) in [6.07, 6.45) is 1.00. The van der Waals surface area contributed by atoms with Gasteiger partial charge in [0, 0.05) is 29.8 Å². The zero-order valence-corrected chi connectivity index (χ0v) is 16.8. The molecule has 156 valence electrons. The minimum atomic E-state index is -0.831. The molecule has 0 saturated carbocycles. The van der Waals surface area contributed by atoms with Crippen molar-refractivity contribution in [2.24, 2.45) is 11.7 Å². The number of nitrogens with one attached hydrogen (secondary N) is 1. The van der Waals surface area contributed by atoms with Gasteiger partial charge in [0.15, 0.2) is 5.78 Å². The molecule has 0 saturated heterocycles. The number of allylic oxidation sites excluding steroid dienone is 2. The molecule has 2 unspecified atom stereocenters. The zero-order chi connectivity index (χ0) is 21.0. The van der Waals surface area contributed by atoms with E-state index < -0.39 is 17.7 Å². The first-order chi connectivity index (χ1) is 14.0. The number of ether oxygens (including phenoxy) is 2. The average molecular weight is 402 g/mol. The quantitative estimate of drug-likeness (QED) is 0.538. The summed E-state index contributed by atoms with van der Waals surface area (Å²) < 4.78 is 25.7. The Balaban J connectivity index is 2.17. The minimum Gasteiger partial charge on any atom is -0.463 e. The highest BCUT2D eigenvalue weighted by Gasteiger charge is 2.42. The predicted octanol–water partition coefficient (Wildman–Crippen LogP) is 2.56. The van der Waals surface area contributed by atoms with Gasteiger partial charge in [-0.15, -0.1) is 0 Å². The first kappa shape index (κ1) is 21.2. The first-order valence-electron chi connectivity index (χ1n) is 9.93. The average Bonchev–Trinajstić information content (AvgIpc) is 2.67. The molecular weight excluding hydrogens is 375 g/mol. The molecule has 2 aliphatic rings. The molecule has 3 N–H and O–H groups in total. The molecule has 7 heteroatoms. The number of rotatable bonds is 7. The van der Waals surface area contributed by atoms with Gasteiger partial charge in [-0.25, -0.2) is 9.18 Å². The Morgan fingerprint density at radius 3 is 2.76 bits per heavy atom. The maximum atomic E-state index is 14.8. The molecule has 0 amide bonds. The molecule has 3 rings (SSSR count). The van der Waals surface area contributed by atoms with Crippen molar-refractivity contribution in [1.29, 1.82) is 0 Å². The lowest BCUT2D eigenvalue weighted by Crippen LogP contribution is -2.38. The van der Waals surface area contributed by atoms with Crippen LogP contribution < -0.4 is 11.1 Å². The van der Waals surface area contributed by atoms with Gasteiger partial charge in [-0.2, -0.15) is 0 Å². The van der Waals surface area contributed by atoms with Crippen LogP contribution in [0.2, 0.25) is 0 Å². The Labute approximate surface area is 169 Å². The van der Waals surface area contributed by atoms with Crippen LogP contribution in [0.25, 0.3) is 0 Å². The lowest BCUT2D eigenvalue weighted by molar-refractivity contribution is -0.139. The number of halogens is 1. The van der Waals surface area contributed by atoms with Crippen molar-refractivity contribution in [1.82, 2.24) is 5.32 Å². The van der Waals surface area contributed by atoms with E-state index in [9.17, 15) is 14.0 Å². The van der Waals surface area contributed by atoms with Crippen LogP contribution in [0.3, 0.4) is 0 Å². The van der Waals surface area contributed by atoms with Crippen LogP contribution in [0.15, 0.2) is 46.8 Å². The fourth-order valence-electron chi connectivity index (χ4n) is 3.99. The third-order valence-electron chi connectivity index (χ3n) is 5.14. The number of carbonyl (C=O) groups is 2.